The van der Waals surface area contributed by atoms with Crippen LogP contribution in [-0.2, 0) is 9.59 Å². The number of phenolic OH excluding ortho intramolecular Hbond substituents is 1. The van der Waals surface area contributed by atoms with Crippen LogP contribution in [0.4, 0.5) is 5.69 Å². The molecule has 6 nitrogen and oxygen atoms in total. The molecule has 162 valence electrons. The fourth-order valence-electron chi connectivity index (χ4n) is 3.07. The van der Waals surface area contributed by atoms with Crippen molar-refractivity contribution < 1.29 is 19.4 Å². The number of rotatable bonds is 9. The number of aromatic hydroxyl groups is 1. The number of amides is 2. The molecule has 2 aromatic rings. The minimum atomic E-state index is -0.144. The van der Waals surface area contributed by atoms with Gasteiger partial charge in [0.1, 0.15) is 15.8 Å². The maximum absolute atomic E-state index is 12.7. The molecule has 31 heavy (non-hydrogen) atoms. The average molecular weight is 457 g/mol. The van der Waals surface area contributed by atoms with Gasteiger partial charge in [-0.15, -0.1) is 0 Å². The van der Waals surface area contributed by atoms with Crippen molar-refractivity contribution in [3.8, 4) is 11.5 Å². The number of para-hydroxylation sites is 2. The minimum absolute atomic E-state index is 0.0490. The molecule has 0 aliphatic carbocycles. The van der Waals surface area contributed by atoms with Crippen molar-refractivity contribution in [3.63, 3.8) is 0 Å². The van der Waals surface area contributed by atoms with Crippen molar-refractivity contribution in [1.29, 1.82) is 0 Å². The SMILES string of the molecule is COc1ccc(/C=C2/SC(=S)N(CCCCCC(=O)Nc3ccccc3O)C2=O)cc1. The number of unbranched alkanes of at least 4 members (excludes halogenated alkanes) is 2. The molecule has 0 spiro atoms. The normalized spacial score (nSPS) is 14.9. The molecule has 2 amide bonds. The molecule has 0 radical (unpaired) electrons. The van der Waals surface area contributed by atoms with E-state index in [9.17, 15) is 14.7 Å². The highest BCUT2D eigenvalue weighted by atomic mass is 32.2. The number of thiocarbonyl (C=S) groups is 1. The fraction of sp³-hybridized carbons (Fsp3) is 0.261. The first-order valence-corrected chi connectivity index (χ1v) is 11.2. The maximum Gasteiger partial charge on any atom is 0.266 e. The van der Waals surface area contributed by atoms with E-state index < -0.39 is 0 Å². The Morgan fingerprint density at radius 1 is 1.16 bits per heavy atom. The van der Waals surface area contributed by atoms with E-state index in [-0.39, 0.29) is 17.6 Å². The van der Waals surface area contributed by atoms with E-state index in [1.807, 2.05) is 30.3 Å². The second kappa shape index (κ2) is 11.0. The number of methoxy groups -OCH3 is 1. The van der Waals surface area contributed by atoms with Crippen molar-refractivity contribution >= 4 is 51.9 Å². The second-order valence-electron chi connectivity index (χ2n) is 6.98. The molecule has 0 unspecified atom stereocenters. The van der Waals surface area contributed by atoms with Crippen LogP contribution in [0.2, 0.25) is 0 Å². The molecular formula is C23H24N2O4S2. The fourth-order valence-corrected chi connectivity index (χ4v) is 4.38. The Morgan fingerprint density at radius 3 is 2.61 bits per heavy atom. The van der Waals surface area contributed by atoms with Crippen molar-refractivity contribution in [2.75, 3.05) is 19.0 Å². The van der Waals surface area contributed by atoms with Gasteiger partial charge in [0.15, 0.2) is 0 Å². The summed E-state index contributed by atoms with van der Waals surface area (Å²) in [5, 5.41) is 12.4. The Bertz CT molecular complexity index is 989. The molecule has 3 rings (SSSR count). The summed E-state index contributed by atoms with van der Waals surface area (Å²) < 4.78 is 5.71. The first-order valence-electron chi connectivity index (χ1n) is 9.95. The van der Waals surface area contributed by atoms with E-state index in [1.165, 1.54) is 17.8 Å². The molecule has 1 aliphatic heterocycles. The van der Waals surface area contributed by atoms with Gasteiger partial charge in [-0.3, -0.25) is 14.5 Å². The zero-order valence-electron chi connectivity index (χ0n) is 17.2. The van der Waals surface area contributed by atoms with Crippen molar-refractivity contribution in [3.05, 3.63) is 59.0 Å². The third kappa shape index (κ3) is 6.32. The Hall–Kier alpha value is -2.84. The van der Waals surface area contributed by atoms with Gasteiger partial charge in [-0.05, 0) is 48.7 Å². The van der Waals surface area contributed by atoms with Gasteiger partial charge in [0.05, 0.1) is 17.7 Å². The number of nitrogens with zero attached hydrogens (tertiary/aromatic N) is 1. The number of nitrogens with one attached hydrogen (secondary N) is 1. The highest BCUT2D eigenvalue weighted by molar-refractivity contribution is 8.26. The molecule has 2 N–H and O–H groups in total. The molecule has 1 aliphatic rings. The molecule has 1 saturated heterocycles. The van der Waals surface area contributed by atoms with E-state index in [0.717, 1.165) is 24.2 Å². The van der Waals surface area contributed by atoms with Crippen LogP contribution >= 0.6 is 24.0 Å². The third-order valence-electron chi connectivity index (χ3n) is 4.75. The lowest BCUT2D eigenvalue weighted by molar-refractivity contribution is -0.122. The number of carbonyl (C=O) groups is 2. The predicted octanol–water partition coefficient (Wildman–Crippen LogP) is 4.80. The van der Waals surface area contributed by atoms with Crippen LogP contribution in [0.3, 0.4) is 0 Å². The largest absolute Gasteiger partial charge is 0.506 e. The van der Waals surface area contributed by atoms with Crippen molar-refractivity contribution in [1.82, 2.24) is 4.90 Å². The van der Waals surface area contributed by atoms with Crippen LogP contribution in [0.25, 0.3) is 6.08 Å². The summed E-state index contributed by atoms with van der Waals surface area (Å²) in [6.07, 6.45) is 4.43. The summed E-state index contributed by atoms with van der Waals surface area (Å²) in [5.41, 5.74) is 1.32. The molecule has 0 bridgehead atoms. The highest BCUT2D eigenvalue weighted by Crippen LogP contribution is 2.33. The summed E-state index contributed by atoms with van der Waals surface area (Å²) in [5.74, 6) is 0.588. The number of thioether (sulfide) groups is 1. The summed E-state index contributed by atoms with van der Waals surface area (Å²) in [4.78, 5) is 26.9. The van der Waals surface area contributed by atoms with Gasteiger partial charge in [0, 0.05) is 13.0 Å². The van der Waals surface area contributed by atoms with E-state index in [1.54, 1.807) is 30.2 Å². The molecule has 0 aromatic heterocycles. The second-order valence-corrected chi connectivity index (χ2v) is 8.66. The van der Waals surface area contributed by atoms with Gasteiger partial charge >= 0.3 is 0 Å². The maximum atomic E-state index is 12.7. The molecule has 1 heterocycles. The van der Waals surface area contributed by atoms with Crippen LogP contribution in [0, 0.1) is 0 Å². The lowest BCUT2D eigenvalue weighted by atomic mass is 10.1. The van der Waals surface area contributed by atoms with Gasteiger partial charge < -0.3 is 15.2 Å². The van der Waals surface area contributed by atoms with Crippen molar-refractivity contribution in [2.45, 2.75) is 25.7 Å². The van der Waals surface area contributed by atoms with Gasteiger partial charge in [0.2, 0.25) is 5.91 Å². The highest BCUT2D eigenvalue weighted by Gasteiger charge is 2.31. The van der Waals surface area contributed by atoms with E-state index in [2.05, 4.69) is 5.32 Å². The van der Waals surface area contributed by atoms with Crippen LogP contribution in [0.1, 0.15) is 31.2 Å². The van der Waals surface area contributed by atoms with Crippen LogP contribution < -0.4 is 10.1 Å². The molecule has 1 fully saturated rings. The quantitative estimate of drug-likeness (QED) is 0.244. The Balaban J connectivity index is 1.42. The number of carbonyl (C=O) groups excluding carboxylic acids is 2. The smallest absolute Gasteiger partial charge is 0.266 e. The first kappa shape index (κ1) is 22.8. The molecule has 8 heteroatoms. The van der Waals surface area contributed by atoms with Crippen LogP contribution in [0.15, 0.2) is 53.4 Å². The molecule has 2 aromatic carbocycles. The van der Waals surface area contributed by atoms with Gasteiger partial charge in [0.25, 0.3) is 5.91 Å². The minimum Gasteiger partial charge on any atom is -0.506 e. The third-order valence-corrected chi connectivity index (χ3v) is 6.13. The Morgan fingerprint density at radius 2 is 1.90 bits per heavy atom. The van der Waals surface area contributed by atoms with E-state index in [4.69, 9.17) is 17.0 Å². The lowest BCUT2D eigenvalue weighted by Gasteiger charge is -2.14. The van der Waals surface area contributed by atoms with Crippen LogP contribution in [-0.4, -0.2) is 39.8 Å². The molecular weight excluding hydrogens is 432 g/mol. The number of benzene rings is 2. The topological polar surface area (TPSA) is 78.9 Å². The predicted molar refractivity (Wildman–Crippen MR) is 128 cm³/mol. The van der Waals surface area contributed by atoms with Gasteiger partial charge in [-0.25, -0.2) is 0 Å². The van der Waals surface area contributed by atoms with Gasteiger partial charge in [-0.1, -0.05) is 54.7 Å². The number of hydrogen-bond donors (Lipinski definition) is 2. The lowest BCUT2D eigenvalue weighted by Crippen LogP contribution is -2.29. The molecule has 0 atom stereocenters. The monoisotopic (exact) mass is 456 g/mol. The summed E-state index contributed by atoms with van der Waals surface area (Å²) >= 11 is 6.68. The zero-order chi connectivity index (χ0) is 22.2. The van der Waals surface area contributed by atoms with Gasteiger partial charge in [-0.2, -0.15) is 0 Å². The summed E-state index contributed by atoms with van der Waals surface area (Å²) in [6, 6.07) is 14.1. The standard InChI is InChI=1S/C23H24N2O4S2/c1-29-17-12-10-16(11-13-17)15-20-22(28)25(23(30)31-20)14-6-2-3-9-21(27)24-18-7-4-5-8-19(18)26/h4-5,7-8,10-13,15,26H,2-3,6,9,14H2,1H3,(H,24,27)/b20-15+. The number of phenols is 1. The molecule has 0 saturated carbocycles. The summed E-state index contributed by atoms with van der Waals surface area (Å²) in [7, 11) is 1.61. The number of hydrogen-bond acceptors (Lipinski definition) is 6. The first-order chi connectivity index (χ1) is 15.0. The Kier molecular flexibility index (Phi) is 8.08. The van der Waals surface area contributed by atoms with Crippen LogP contribution in [0.5, 0.6) is 11.5 Å². The summed E-state index contributed by atoms with van der Waals surface area (Å²) in [6.45, 7) is 0.533. The van der Waals surface area contributed by atoms with E-state index in [0.29, 0.717) is 34.3 Å². The van der Waals surface area contributed by atoms with E-state index >= 15 is 0 Å². The average Bonchev–Trinajstić information content (AvgIpc) is 3.03. The zero-order valence-corrected chi connectivity index (χ0v) is 18.8. The number of anilines is 1. The van der Waals surface area contributed by atoms with Crippen molar-refractivity contribution in [2.24, 2.45) is 0 Å². The Labute approximate surface area is 191 Å². The number of ether oxygens (including phenoxy) is 1.